The van der Waals surface area contributed by atoms with Crippen LogP contribution in [0.15, 0.2) is 0 Å². The summed E-state index contributed by atoms with van der Waals surface area (Å²) in [5.74, 6) is 0.651. The molecule has 0 aromatic carbocycles. The molecule has 0 aliphatic rings. The third kappa shape index (κ3) is 6.27. The Kier molecular flexibility index (Phi) is 8.87. The fraction of sp³-hybridized carbons (Fsp3) is 1.00. The van der Waals surface area contributed by atoms with Gasteiger partial charge in [0.1, 0.15) is 0 Å². The molecule has 0 spiro atoms. The summed E-state index contributed by atoms with van der Waals surface area (Å²) in [6.07, 6.45) is 0. The number of alkyl halides is 1. The number of methoxy groups -OCH3 is 2. The number of hydrogen-bond donors (Lipinski definition) is 0. The SMILES string of the molecule is COCCN(CCCl)C(C)COC. The molecule has 0 rings (SSSR count). The van der Waals surface area contributed by atoms with E-state index in [-0.39, 0.29) is 0 Å². The minimum atomic E-state index is 0.402. The van der Waals surface area contributed by atoms with Crippen molar-refractivity contribution >= 4 is 11.6 Å². The van der Waals surface area contributed by atoms with Crippen molar-refractivity contribution in [1.82, 2.24) is 4.90 Å². The number of rotatable bonds is 8. The van der Waals surface area contributed by atoms with Gasteiger partial charge >= 0.3 is 0 Å². The highest BCUT2D eigenvalue weighted by molar-refractivity contribution is 6.18. The first kappa shape index (κ1) is 13.2. The molecule has 3 nitrogen and oxygen atoms in total. The quantitative estimate of drug-likeness (QED) is 0.561. The van der Waals surface area contributed by atoms with Crippen LogP contribution in [0.1, 0.15) is 6.92 Å². The average Bonchev–Trinajstić information content (AvgIpc) is 2.12. The molecule has 0 N–H and O–H groups in total. The Morgan fingerprint density at radius 1 is 1.23 bits per heavy atom. The molecule has 0 fully saturated rings. The zero-order valence-electron chi connectivity index (χ0n) is 8.75. The fourth-order valence-corrected chi connectivity index (χ4v) is 1.43. The predicted octanol–water partition coefficient (Wildman–Crippen LogP) is 1.21. The molecule has 1 unspecified atom stereocenters. The molecule has 0 heterocycles. The lowest BCUT2D eigenvalue weighted by atomic mass is 10.3. The van der Waals surface area contributed by atoms with Crippen LogP contribution >= 0.6 is 11.6 Å². The zero-order valence-corrected chi connectivity index (χ0v) is 9.51. The number of ether oxygens (including phenoxy) is 2. The van der Waals surface area contributed by atoms with E-state index in [0.717, 1.165) is 26.3 Å². The summed E-state index contributed by atoms with van der Waals surface area (Å²) in [5, 5.41) is 0. The number of nitrogens with zero attached hydrogens (tertiary/aromatic N) is 1. The molecule has 0 saturated carbocycles. The van der Waals surface area contributed by atoms with E-state index in [2.05, 4.69) is 11.8 Å². The van der Waals surface area contributed by atoms with Gasteiger partial charge in [-0.25, -0.2) is 0 Å². The zero-order chi connectivity index (χ0) is 10.1. The minimum Gasteiger partial charge on any atom is -0.383 e. The first-order valence-electron chi connectivity index (χ1n) is 4.54. The van der Waals surface area contributed by atoms with E-state index in [9.17, 15) is 0 Å². The van der Waals surface area contributed by atoms with E-state index in [0.29, 0.717) is 11.9 Å². The van der Waals surface area contributed by atoms with Gasteiger partial charge in [0.2, 0.25) is 0 Å². The van der Waals surface area contributed by atoms with Gasteiger partial charge in [-0.1, -0.05) is 0 Å². The Balaban J connectivity index is 3.75. The maximum absolute atomic E-state index is 5.70. The van der Waals surface area contributed by atoms with Gasteiger partial charge in [-0.2, -0.15) is 0 Å². The van der Waals surface area contributed by atoms with E-state index in [4.69, 9.17) is 21.1 Å². The molecule has 0 aromatic heterocycles. The van der Waals surface area contributed by atoms with Gasteiger partial charge < -0.3 is 9.47 Å². The summed E-state index contributed by atoms with van der Waals surface area (Å²) in [6.45, 7) is 5.40. The second-order valence-corrected chi connectivity index (χ2v) is 3.40. The molecule has 0 amide bonds. The first-order valence-corrected chi connectivity index (χ1v) is 5.07. The standard InChI is InChI=1S/C9H20ClNO2/c1-9(8-13-3)11(5-4-10)6-7-12-2/h9H,4-8H2,1-3H3. The van der Waals surface area contributed by atoms with E-state index in [1.54, 1.807) is 14.2 Å². The van der Waals surface area contributed by atoms with Crippen molar-refractivity contribution in [1.29, 1.82) is 0 Å². The van der Waals surface area contributed by atoms with Crippen molar-refractivity contribution < 1.29 is 9.47 Å². The van der Waals surface area contributed by atoms with Crippen LogP contribution in [0.25, 0.3) is 0 Å². The van der Waals surface area contributed by atoms with E-state index < -0.39 is 0 Å². The van der Waals surface area contributed by atoms with Gasteiger partial charge in [0.15, 0.2) is 0 Å². The summed E-state index contributed by atoms with van der Waals surface area (Å²) in [7, 11) is 3.42. The normalized spacial score (nSPS) is 13.6. The molecule has 1 atom stereocenters. The monoisotopic (exact) mass is 209 g/mol. The van der Waals surface area contributed by atoms with Gasteiger partial charge in [0.05, 0.1) is 13.2 Å². The molecule has 0 bridgehead atoms. The largest absolute Gasteiger partial charge is 0.383 e. The number of hydrogen-bond acceptors (Lipinski definition) is 3. The summed E-state index contributed by atoms with van der Waals surface area (Å²) in [5.41, 5.74) is 0. The molecular weight excluding hydrogens is 190 g/mol. The van der Waals surface area contributed by atoms with Crippen LogP contribution in [-0.2, 0) is 9.47 Å². The van der Waals surface area contributed by atoms with Crippen molar-refractivity contribution in [2.24, 2.45) is 0 Å². The summed E-state index contributed by atoms with van der Waals surface area (Å²) >= 11 is 5.70. The third-order valence-electron chi connectivity index (χ3n) is 1.99. The van der Waals surface area contributed by atoms with Crippen LogP contribution in [0.4, 0.5) is 0 Å². The third-order valence-corrected chi connectivity index (χ3v) is 2.15. The van der Waals surface area contributed by atoms with Crippen molar-refractivity contribution in [3.05, 3.63) is 0 Å². The maximum Gasteiger partial charge on any atom is 0.0615 e. The second kappa shape index (κ2) is 8.75. The van der Waals surface area contributed by atoms with Gasteiger partial charge in [0.25, 0.3) is 0 Å². The molecule has 4 heteroatoms. The maximum atomic E-state index is 5.70. The Morgan fingerprint density at radius 2 is 1.92 bits per heavy atom. The minimum absolute atomic E-state index is 0.402. The van der Waals surface area contributed by atoms with E-state index >= 15 is 0 Å². The lowest BCUT2D eigenvalue weighted by Gasteiger charge is -2.27. The smallest absolute Gasteiger partial charge is 0.0615 e. The van der Waals surface area contributed by atoms with Crippen molar-refractivity contribution in [2.45, 2.75) is 13.0 Å². The Morgan fingerprint density at radius 3 is 2.38 bits per heavy atom. The summed E-state index contributed by atoms with van der Waals surface area (Å²) in [4.78, 5) is 2.26. The highest BCUT2D eigenvalue weighted by Crippen LogP contribution is 1.99. The molecule has 0 aromatic rings. The Labute approximate surface area is 85.9 Å². The molecule has 0 radical (unpaired) electrons. The van der Waals surface area contributed by atoms with E-state index in [1.807, 2.05) is 0 Å². The van der Waals surface area contributed by atoms with Crippen LogP contribution in [-0.4, -0.2) is 57.3 Å². The predicted molar refractivity (Wildman–Crippen MR) is 55.5 cm³/mol. The number of halogens is 1. The van der Waals surface area contributed by atoms with Crippen molar-refractivity contribution in [3.63, 3.8) is 0 Å². The van der Waals surface area contributed by atoms with Crippen LogP contribution in [0.2, 0.25) is 0 Å². The van der Waals surface area contributed by atoms with Crippen LogP contribution < -0.4 is 0 Å². The highest BCUT2D eigenvalue weighted by atomic mass is 35.5. The first-order chi connectivity index (χ1) is 6.26. The van der Waals surface area contributed by atoms with Crippen molar-refractivity contribution in [3.8, 4) is 0 Å². The average molecular weight is 210 g/mol. The topological polar surface area (TPSA) is 21.7 Å². The lowest BCUT2D eigenvalue weighted by molar-refractivity contribution is 0.0791. The summed E-state index contributed by atoms with van der Waals surface area (Å²) < 4.78 is 10.1. The Bertz CT molecular complexity index is 114. The Hall–Kier alpha value is 0.170. The second-order valence-electron chi connectivity index (χ2n) is 3.02. The van der Waals surface area contributed by atoms with Gasteiger partial charge in [-0.05, 0) is 6.92 Å². The van der Waals surface area contributed by atoms with Crippen LogP contribution in [0.5, 0.6) is 0 Å². The summed E-state index contributed by atoms with van der Waals surface area (Å²) in [6, 6.07) is 0.402. The molecule has 0 aliphatic carbocycles. The van der Waals surface area contributed by atoms with E-state index in [1.165, 1.54) is 0 Å². The fourth-order valence-electron chi connectivity index (χ4n) is 1.22. The van der Waals surface area contributed by atoms with Gasteiger partial charge in [0, 0.05) is 39.2 Å². The van der Waals surface area contributed by atoms with Crippen molar-refractivity contribution in [2.75, 3.05) is 46.4 Å². The molecule has 0 aliphatic heterocycles. The lowest BCUT2D eigenvalue weighted by Crippen LogP contribution is -2.39. The van der Waals surface area contributed by atoms with Crippen LogP contribution in [0.3, 0.4) is 0 Å². The molecule has 0 saturated heterocycles. The van der Waals surface area contributed by atoms with Crippen LogP contribution in [0, 0.1) is 0 Å². The van der Waals surface area contributed by atoms with Gasteiger partial charge in [-0.3, -0.25) is 4.90 Å². The van der Waals surface area contributed by atoms with Gasteiger partial charge in [-0.15, -0.1) is 11.6 Å². The molecule has 80 valence electrons. The molecular formula is C9H20ClNO2. The highest BCUT2D eigenvalue weighted by Gasteiger charge is 2.11. The molecule has 13 heavy (non-hydrogen) atoms.